The van der Waals surface area contributed by atoms with Gasteiger partial charge in [0.05, 0.1) is 37.9 Å². The Kier molecular flexibility index (Phi) is 5.97. The average Bonchev–Trinajstić information content (AvgIpc) is 3.29. The van der Waals surface area contributed by atoms with E-state index in [4.69, 9.17) is 18.6 Å². The van der Waals surface area contributed by atoms with Gasteiger partial charge in [0.1, 0.15) is 6.10 Å². The number of carbonyl (C=O) groups is 4. The van der Waals surface area contributed by atoms with E-state index in [0.717, 1.165) is 5.56 Å². The molecule has 1 saturated heterocycles. The van der Waals surface area contributed by atoms with E-state index in [2.05, 4.69) is 6.58 Å². The van der Waals surface area contributed by atoms with Gasteiger partial charge in [-0.1, -0.05) is 19.9 Å². The van der Waals surface area contributed by atoms with Crippen LogP contribution in [0.15, 0.2) is 35.7 Å². The fraction of sp³-hybridized carbons (Fsp3) is 0.600. The number of furan rings is 1. The third-order valence-electron chi connectivity index (χ3n) is 8.09. The normalized spacial score (nSPS) is 37.8. The van der Waals surface area contributed by atoms with Crippen molar-refractivity contribution in [2.45, 2.75) is 58.2 Å². The molecular formula is C25H30O8. The molecule has 0 unspecified atom stereocenters. The SMILES string of the molecule is C=CCC(=O)O[C@H]1C[C@@H](C(=O)OC)[C@]2(C)CC[C@H]3C(=O)O[C@@H](c4ccoc4)C[C@]3(C)[C@H]2C1=O. The molecule has 7 atom stereocenters. The van der Waals surface area contributed by atoms with E-state index in [0.29, 0.717) is 19.3 Å². The summed E-state index contributed by atoms with van der Waals surface area (Å²) in [5, 5.41) is 0. The van der Waals surface area contributed by atoms with Crippen molar-refractivity contribution in [3.8, 4) is 0 Å². The molecule has 2 saturated carbocycles. The number of rotatable bonds is 5. The van der Waals surface area contributed by atoms with Gasteiger partial charge in [0.25, 0.3) is 0 Å². The number of Topliss-reactive ketones (excluding diaryl/α,β-unsaturated/α-hetero) is 1. The van der Waals surface area contributed by atoms with Crippen LogP contribution in [-0.2, 0) is 33.4 Å². The van der Waals surface area contributed by atoms with Crippen LogP contribution in [0.3, 0.4) is 0 Å². The molecule has 2 heterocycles. The molecule has 1 aromatic rings. The first-order valence-corrected chi connectivity index (χ1v) is 11.3. The van der Waals surface area contributed by atoms with E-state index < -0.39 is 52.7 Å². The Morgan fingerprint density at radius 1 is 1.27 bits per heavy atom. The van der Waals surface area contributed by atoms with Crippen LogP contribution >= 0.6 is 0 Å². The van der Waals surface area contributed by atoms with Gasteiger partial charge in [-0.25, -0.2) is 0 Å². The van der Waals surface area contributed by atoms with Crippen molar-refractivity contribution in [2.24, 2.45) is 28.6 Å². The molecule has 0 radical (unpaired) electrons. The highest BCUT2D eigenvalue weighted by Gasteiger charge is 2.67. The van der Waals surface area contributed by atoms with Gasteiger partial charge < -0.3 is 18.6 Å². The third kappa shape index (κ3) is 3.69. The molecule has 0 spiro atoms. The highest BCUT2D eigenvalue weighted by Crippen LogP contribution is 2.65. The van der Waals surface area contributed by atoms with Gasteiger partial charge >= 0.3 is 17.9 Å². The lowest BCUT2D eigenvalue weighted by Gasteiger charge is -2.61. The van der Waals surface area contributed by atoms with Crippen LogP contribution in [0.25, 0.3) is 0 Å². The Bertz CT molecular complexity index is 965. The first-order valence-electron chi connectivity index (χ1n) is 11.3. The zero-order chi connectivity index (χ0) is 24.0. The van der Waals surface area contributed by atoms with E-state index in [1.165, 1.54) is 25.7 Å². The number of cyclic esters (lactones) is 1. The predicted octanol–water partition coefficient (Wildman–Crippen LogP) is 3.56. The summed E-state index contributed by atoms with van der Waals surface area (Å²) in [6.07, 6.45) is 4.22. The van der Waals surface area contributed by atoms with Crippen molar-refractivity contribution in [1.29, 1.82) is 0 Å². The fourth-order valence-electron chi connectivity index (χ4n) is 6.59. The van der Waals surface area contributed by atoms with Crippen molar-refractivity contribution >= 4 is 23.7 Å². The quantitative estimate of drug-likeness (QED) is 0.374. The fourth-order valence-corrected chi connectivity index (χ4v) is 6.59. The Labute approximate surface area is 192 Å². The zero-order valence-corrected chi connectivity index (χ0v) is 19.2. The lowest BCUT2D eigenvalue weighted by atomic mass is 9.43. The molecule has 8 nitrogen and oxygen atoms in total. The third-order valence-corrected chi connectivity index (χ3v) is 8.09. The topological polar surface area (TPSA) is 109 Å². The van der Waals surface area contributed by atoms with E-state index in [9.17, 15) is 19.2 Å². The molecule has 1 aliphatic heterocycles. The van der Waals surface area contributed by atoms with Crippen LogP contribution in [-0.4, -0.2) is 36.9 Å². The molecule has 0 N–H and O–H groups in total. The molecule has 1 aromatic heterocycles. The van der Waals surface area contributed by atoms with Crippen LogP contribution in [0.5, 0.6) is 0 Å². The molecule has 0 amide bonds. The molecule has 2 aliphatic carbocycles. The van der Waals surface area contributed by atoms with Gasteiger partial charge in [-0.15, -0.1) is 6.58 Å². The van der Waals surface area contributed by atoms with E-state index in [1.807, 2.05) is 13.8 Å². The Morgan fingerprint density at radius 3 is 2.67 bits per heavy atom. The van der Waals surface area contributed by atoms with Crippen LogP contribution in [0.4, 0.5) is 0 Å². The molecule has 3 fully saturated rings. The number of methoxy groups -OCH3 is 1. The summed E-state index contributed by atoms with van der Waals surface area (Å²) in [6.45, 7) is 7.38. The minimum atomic E-state index is -1.08. The first kappa shape index (κ1) is 23.3. The maximum atomic E-state index is 13.9. The van der Waals surface area contributed by atoms with Gasteiger partial charge in [0.2, 0.25) is 0 Å². The first-order chi connectivity index (χ1) is 15.7. The average molecular weight is 459 g/mol. The number of ether oxygens (including phenoxy) is 3. The molecule has 0 aromatic carbocycles. The van der Waals surface area contributed by atoms with Crippen LogP contribution in [0.2, 0.25) is 0 Å². The number of hydrogen-bond donors (Lipinski definition) is 0. The van der Waals surface area contributed by atoms with Gasteiger partial charge in [0.15, 0.2) is 11.9 Å². The maximum Gasteiger partial charge on any atom is 0.310 e. The zero-order valence-electron chi connectivity index (χ0n) is 19.2. The van der Waals surface area contributed by atoms with Crippen LogP contribution in [0, 0.1) is 28.6 Å². The molecule has 33 heavy (non-hydrogen) atoms. The highest BCUT2D eigenvalue weighted by molar-refractivity contribution is 5.93. The summed E-state index contributed by atoms with van der Waals surface area (Å²) >= 11 is 0. The Balaban J connectivity index is 1.77. The number of hydrogen-bond acceptors (Lipinski definition) is 8. The number of esters is 3. The molecular weight excluding hydrogens is 428 g/mol. The van der Waals surface area contributed by atoms with Gasteiger partial charge in [-0.05, 0) is 36.2 Å². The van der Waals surface area contributed by atoms with Crippen molar-refractivity contribution in [3.05, 3.63) is 36.8 Å². The lowest BCUT2D eigenvalue weighted by molar-refractivity contribution is -0.210. The van der Waals surface area contributed by atoms with Gasteiger partial charge in [-0.3, -0.25) is 19.2 Å². The Morgan fingerprint density at radius 2 is 2.03 bits per heavy atom. The minimum absolute atomic E-state index is 0.0383. The smallest absolute Gasteiger partial charge is 0.310 e. The number of ketones is 1. The molecule has 3 aliphatic rings. The predicted molar refractivity (Wildman–Crippen MR) is 114 cm³/mol. The maximum absolute atomic E-state index is 13.9. The molecule has 178 valence electrons. The van der Waals surface area contributed by atoms with Crippen LogP contribution < -0.4 is 0 Å². The summed E-state index contributed by atoms with van der Waals surface area (Å²) in [5.41, 5.74) is -0.816. The summed E-state index contributed by atoms with van der Waals surface area (Å²) in [7, 11) is 1.32. The molecule has 0 bridgehead atoms. The van der Waals surface area contributed by atoms with Gasteiger partial charge in [0, 0.05) is 17.9 Å². The summed E-state index contributed by atoms with van der Waals surface area (Å²) in [4.78, 5) is 52.1. The van der Waals surface area contributed by atoms with E-state index in [1.54, 1.807) is 6.07 Å². The van der Waals surface area contributed by atoms with Crippen molar-refractivity contribution < 1.29 is 37.8 Å². The standard InChI is InChI=1S/C25H30O8/c1-5-6-19(26)32-17-11-16(22(28)30-4)24(2)9-7-15-23(29)33-18(14-8-10-31-13-14)12-25(15,3)21(24)20(17)27/h5,8,10,13,15-18,21H,1,6-7,9,11-12H2,2-4H3/t15-,16-,17-,18+,21-,24-,25-/m0/s1. The molecule has 4 rings (SSSR count). The van der Waals surface area contributed by atoms with Gasteiger partial charge in [-0.2, -0.15) is 0 Å². The van der Waals surface area contributed by atoms with E-state index >= 15 is 0 Å². The second kappa shape index (κ2) is 8.47. The second-order valence-electron chi connectivity index (χ2n) is 9.91. The second-order valence-corrected chi connectivity index (χ2v) is 9.91. The summed E-state index contributed by atoms with van der Waals surface area (Å²) < 4.78 is 21.5. The van der Waals surface area contributed by atoms with Crippen molar-refractivity contribution in [2.75, 3.05) is 7.11 Å². The minimum Gasteiger partial charge on any atom is -0.472 e. The van der Waals surface area contributed by atoms with Crippen molar-refractivity contribution in [3.63, 3.8) is 0 Å². The Hall–Kier alpha value is -2.90. The van der Waals surface area contributed by atoms with Crippen LogP contribution in [0.1, 0.15) is 57.6 Å². The number of carbonyl (C=O) groups excluding carboxylic acids is 4. The molecule has 8 heteroatoms. The summed E-state index contributed by atoms with van der Waals surface area (Å²) in [5.74, 6) is -3.45. The monoisotopic (exact) mass is 458 g/mol. The number of fused-ring (bicyclic) bond motifs is 3. The van der Waals surface area contributed by atoms with Crippen molar-refractivity contribution in [1.82, 2.24) is 0 Å². The summed E-state index contributed by atoms with van der Waals surface area (Å²) in [6, 6.07) is 1.74. The van der Waals surface area contributed by atoms with E-state index in [-0.39, 0.29) is 24.6 Å². The highest BCUT2D eigenvalue weighted by atomic mass is 16.6. The largest absolute Gasteiger partial charge is 0.472 e. The lowest BCUT2D eigenvalue weighted by Crippen LogP contribution is -2.64.